The number of benzene rings is 1. The molecule has 4 heteroatoms. The summed E-state index contributed by atoms with van der Waals surface area (Å²) in [4.78, 5) is 0. The van der Waals surface area contributed by atoms with Crippen molar-refractivity contribution < 1.29 is 13.9 Å². The van der Waals surface area contributed by atoms with Crippen molar-refractivity contribution in [3.63, 3.8) is 0 Å². The van der Waals surface area contributed by atoms with Crippen molar-refractivity contribution in [1.29, 1.82) is 0 Å². The second-order valence-corrected chi connectivity index (χ2v) is 3.30. The number of hydrogen-bond acceptors (Lipinski definition) is 2. The van der Waals surface area contributed by atoms with Gasteiger partial charge in [0.25, 0.3) is 0 Å². The van der Waals surface area contributed by atoms with Gasteiger partial charge in [0.15, 0.2) is 0 Å². The van der Waals surface area contributed by atoms with Gasteiger partial charge in [-0.25, -0.2) is 8.78 Å². The van der Waals surface area contributed by atoms with Crippen molar-refractivity contribution >= 4 is 12.6 Å². The first-order valence-corrected chi connectivity index (χ1v) is 5.00. The molecule has 1 nitrogen and oxygen atoms in total. The largest absolute Gasteiger partial charge is 0.391 e. The average Bonchev–Trinajstić information content (AvgIpc) is 2.18. The van der Waals surface area contributed by atoms with E-state index < -0.39 is 18.2 Å². The van der Waals surface area contributed by atoms with E-state index in [4.69, 9.17) is 5.11 Å². The third-order valence-corrected chi connectivity index (χ3v) is 1.99. The molecule has 0 fully saturated rings. The number of hydrogen-bond donors (Lipinski definition) is 2. The zero-order valence-corrected chi connectivity index (χ0v) is 8.82. The molecule has 1 N–H and O–H groups in total. The van der Waals surface area contributed by atoms with Crippen molar-refractivity contribution in [3.8, 4) is 11.8 Å². The van der Waals surface area contributed by atoms with E-state index in [1.807, 2.05) is 0 Å². The molecule has 0 atom stereocenters. The van der Waals surface area contributed by atoms with E-state index in [2.05, 4.69) is 24.5 Å². The maximum absolute atomic E-state index is 13.1. The zero-order chi connectivity index (χ0) is 11.3. The minimum atomic E-state index is -0.771. The molecule has 0 saturated carbocycles. The van der Waals surface area contributed by atoms with Crippen LogP contribution in [0.2, 0.25) is 0 Å². The van der Waals surface area contributed by atoms with Gasteiger partial charge in [0.05, 0.1) is 6.61 Å². The number of aliphatic hydroxyl groups excluding tert-OH is 1. The van der Waals surface area contributed by atoms with Gasteiger partial charge in [0.1, 0.15) is 11.6 Å². The van der Waals surface area contributed by atoms with Crippen LogP contribution in [0.15, 0.2) is 12.1 Å². The molecule has 1 aromatic rings. The van der Waals surface area contributed by atoms with Gasteiger partial charge in [0.2, 0.25) is 0 Å². The number of rotatable bonds is 2. The van der Waals surface area contributed by atoms with Crippen LogP contribution in [0.3, 0.4) is 0 Å². The standard InChI is InChI=1S/C11H10F2OS/c12-10-5-8(3-1-2-4-15)6-11(13)9(10)7-14/h5-6,14-15H,2,4,7H2. The summed E-state index contributed by atoms with van der Waals surface area (Å²) in [7, 11) is 0. The van der Waals surface area contributed by atoms with Crippen LogP contribution in [0.4, 0.5) is 8.78 Å². The Morgan fingerprint density at radius 3 is 2.33 bits per heavy atom. The predicted octanol–water partition coefficient (Wildman–Crippen LogP) is 2.13. The normalized spacial score (nSPS) is 9.60. The highest BCUT2D eigenvalue weighted by atomic mass is 32.1. The van der Waals surface area contributed by atoms with Gasteiger partial charge in [-0.05, 0) is 12.1 Å². The smallest absolute Gasteiger partial charge is 0.132 e. The molecule has 0 aliphatic rings. The molecule has 0 heterocycles. The molecule has 0 aliphatic carbocycles. The third kappa shape index (κ3) is 3.22. The van der Waals surface area contributed by atoms with E-state index in [9.17, 15) is 8.78 Å². The van der Waals surface area contributed by atoms with Gasteiger partial charge in [-0.1, -0.05) is 11.8 Å². The van der Waals surface area contributed by atoms with Crippen molar-refractivity contribution in [2.45, 2.75) is 13.0 Å². The first kappa shape index (κ1) is 12.0. The van der Waals surface area contributed by atoms with E-state index in [1.54, 1.807) is 0 Å². The van der Waals surface area contributed by atoms with Crippen LogP contribution in [0.1, 0.15) is 17.5 Å². The molecule has 0 unspecified atom stereocenters. The van der Waals surface area contributed by atoms with E-state index in [0.717, 1.165) is 12.1 Å². The molecule has 0 radical (unpaired) electrons. The summed E-state index contributed by atoms with van der Waals surface area (Å²) >= 11 is 3.96. The first-order valence-electron chi connectivity index (χ1n) is 4.37. The van der Waals surface area contributed by atoms with Gasteiger partial charge < -0.3 is 5.11 Å². The number of aliphatic hydroxyl groups is 1. The summed E-state index contributed by atoms with van der Waals surface area (Å²) in [5, 5.41) is 8.68. The third-order valence-electron chi connectivity index (χ3n) is 1.77. The lowest BCUT2D eigenvalue weighted by Crippen LogP contribution is -1.96. The van der Waals surface area contributed by atoms with Gasteiger partial charge in [0, 0.05) is 23.3 Å². The Labute approximate surface area is 92.5 Å². The van der Waals surface area contributed by atoms with Crippen LogP contribution in [0, 0.1) is 23.5 Å². The van der Waals surface area contributed by atoms with Crippen LogP contribution in [0.5, 0.6) is 0 Å². The van der Waals surface area contributed by atoms with Crippen LogP contribution >= 0.6 is 12.6 Å². The van der Waals surface area contributed by atoms with E-state index in [0.29, 0.717) is 12.2 Å². The monoisotopic (exact) mass is 228 g/mol. The Morgan fingerprint density at radius 1 is 1.27 bits per heavy atom. The van der Waals surface area contributed by atoms with Crippen molar-refractivity contribution in [2.24, 2.45) is 0 Å². The van der Waals surface area contributed by atoms with E-state index in [-0.39, 0.29) is 11.1 Å². The summed E-state index contributed by atoms with van der Waals surface area (Å²) < 4.78 is 26.3. The highest BCUT2D eigenvalue weighted by molar-refractivity contribution is 7.80. The summed E-state index contributed by atoms with van der Waals surface area (Å²) in [5.74, 6) is 4.40. The number of halogens is 2. The van der Waals surface area contributed by atoms with Crippen LogP contribution < -0.4 is 0 Å². The van der Waals surface area contributed by atoms with Crippen LogP contribution in [0.25, 0.3) is 0 Å². The first-order chi connectivity index (χ1) is 7.19. The lowest BCUT2D eigenvalue weighted by atomic mass is 10.1. The van der Waals surface area contributed by atoms with Gasteiger partial charge in [-0.2, -0.15) is 12.6 Å². The summed E-state index contributed by atoms with van der Waals surface area (Å²) in [6, 6.07) is 2.22. The molecule has 1 rings (SSSR count). The lowest BCUT2D eigenvalue weighted by Gasteiger charge is -2.01. The molecule has 80 valence electrons. The maximum Gasteiger partial charge on any atom is 0.132 e. The second-order valence-electron chi connectivity index (χ2n) is 2.85. The molecule has 0 aliphatic heterocycles. The van der Waals surface area contributed by atoms with Gasteiger partial charge >= 0.3 is 0 Å². The Kier molecular flexibility index (Phi) is 4.60. The van der Waals surface area contributed by atoms with Crippen LogP contribution in [-0.4, -0.2) is 10.9 Å². The fourth-order valence-corrected chi connectivity index (χ4v) is 1.16. The van der Waals surface area contributed by atoms with E-state index in [1.165, 1.54) is 0 Å². The molecule has 0 amide bonds. The van der Waals surface area contributed by atoms with Crippen molar-refractivity contribution in [1.82, 2.24) is 0 Å². The average molecular weight is 228 g/mol. The molecule has 0 saturated heterocycles. The summed E-state index contributed by atoms with van der Waals surface area (Å²) in [5.41, 5.74) is -0.0567. The minimum absolute atomic E-state index is 0.268. The Morgan fingerprint density at radius 2 is 1.87 bits per heavy atom. The van der Waals surface area contributed by atoms with Gasteiger partial charge in [-0.3, -0.25) is 0 Å². The molecule has 0 bridgehead atoms. The molecular formula is C11H10F2OS. The highest BCUT2D eigenvalue weighted by Crippen LogP contribution is 2.14. The van der Waals surface area contributed by atoms with Gasteiger partial charge in [-0.15, -0.1) is 0 Å². The highest BCUT2D eigenvalue weighted by Gasteiger charge is 2.08. The van der Waals surface area contributed by atoms with E-state index >= 15 is 0 Å². The number of thiol groups is 1. The Bertz CT molecular complexity index is 384. The maximum atomic E-state index is 13.1. The molecule has 0 aromatic heterocycles. The molecular weight excluding hydrogens is 218 g/mol. The SMILES string of the molecule is OCc1c(F)cc(C#CCCS)cc1F. The quantitative estimate of drug-likeness (QED) is 0.587. The fourth-order valence-electron chi connectivity index (χ4n) is 1.05. The van der Waals surface area contributed by atoms with Crippen LogP contribution in [-0.2, 0) is 6.61 Å². The second kappa shape index (κ2) is 5.74. The zero-order valence-electron chi connectivity index (χ0n) is 7.93. The summed E-state index contributed by atoms with van der Waals surface area (Å²) in [6.45, 7) is -0.651. The molecule has 0 spiro atoms. The fraction of sp³-hybridized carbons (Fsp3) is 0.273. The Hall–Kier alpha value is -1.05. The minimum Gasteiger partial charge on any atom is -0.391 e. The molecule has 1 aromatic carbocycles. The van der Waals surface area contributed by atoms with Crippen molar-refractivity contribution in [3.05, 3.63) is 34.9 Å². The van der Waals surface area contributed by atoms with Crippen molar-refractivity contribution in [2.75, 3.05) is 5.75 Å². The predicted molar refractivity (Wildman–Crippen MR) is 57.6 cm³/mol. The summed E-state index contributed by atoms with van der Waals surface area (Å²) in [6.07, 6.45) is 0.564. The Balaban J connectivity index is 3.00. The molecule has 15 heavy (non-hydrogen) atoms. The topological polar surface area (TPSA) is 20.2 Å². The lowest BCUT2D eigenvalue weighted by molar-refractivity contribution is 0.269.